The minimum absolute atomic E-state index is 0.0710. The summed E-state index contributed by atoms with van der Waals surface area (Å²) in [5.41, 5.74) is 0.695. The summed E-state index contributed by atoms with van der Waals surface area (Å²) >= 11 is 1.55. The van der Waals surface area contributed by atoms with E-state index in [0.29, 0.717) is 24.9 Å². The second kappa shape index (κ2) is 6.15. The van der Waals surface area contributed by atoms with E-state index in [1.807, 2.05) is 19.2 Å². The molecule has 1 saturated heterocycles. The van der Waals surface area contributed by atoms with Crippen molar-refractivity contribution in [2.24, 2.45) is 5.41 Å². The number of piperidine rings is 1. The summed E-state index contributed by atoms with van der Waals surface area (Å²) in [6, 6.07) is 0. The molecular formula is C15H21NO4S. The largest absolute Gasteiger partial charge is 0.481 e. The van der Waals surface area contributed by atoms with Crippen LogP contribution in [0.3, 0.4) is 0 Å². The first-order valence-corrected chi connectivity index (χ1v) is 7.85. The number of nitrogens with zero attached hydrogens (tertiary/aromatic N) is 1. The van der Waals surface area contributed by atoms with Crippen molar-refractivity contribution in [1.82, 2.24) is 4.90 Å². The number of hydrogen-bond donors (Lipinski definition) is 1. The second-order valence-electron chi connectivity index (χ2n) is 5.68. The minimum Gasteiger partial charge on any atom is -0.481 e. The van der Waals surface area contributed by atoms with Crippen molar-refractivity contribution in [3.8, 4) is 0 Å². The van der Waals surface area contributed by atoms with Gasteiger partial charge in [-0.1, -0.05) is 0 Å². The van der Waals surface area contributed by atoms with Gasteiger partial charge in [0.2, 0.25) is 0 Å². The Morgan fingerprint density at radius 2 is 2.19 bits per heavy atom. The van der Waals surface area contributed by atoms with Crippen LogP contribution in [0.25, 0.3) is 0 Å². The van der Waals surface area contributed by atoms with Crippen molar-refractivity contribution in [2.45, 2.75) is 26.7 Å². The maximum absolute atomic E-state index is 12.6. The number of aryl methyl sites for hydroxylation is 1. The molecule has 2 heterocycles. The van der Waals surface area contributed by atoms with Crippen LogP contribution < -0.4 is 0 Å². The predicted octanol–water partition coefficient (Wildman–Crippen LogP) is 2.32. The number of thiophene rings is 1. The average molecular weight is 311 g/mol. The standard InChI is InChI=1S/C15H21NO4S/c1-10-11(2)21-7-12(10)13(17)16-6-4-5-15(8-16,9-20-3)14(18)19/h7H,4-6,8-9H2,1-3H3,(H,18,19). The van der Waals surface area contributed by atoms with Crippen molar-refractivity contribution in [2.75, 3.05) is 26.8 Å². The lowest BCUT2D eigenvalue weighted by Crippen LogP contribution is -2.52. The summed E-state index contributed by atoms with van der Waals surface area (Å²) in [5.74, 6) is -0.960. The number of carbonyl (C=O) groups excluding carboxylic acids is 1. The zero-order valence-electron chi connectivity index (χ0n) is 12.6. The van der Waals surface area contributed by atoms with E-state index in [1.165, 1.54) is 7.11 Å². The number of rotatable bonds is 4. The molecule has 1 atom stereocenters. The van der Waals surface area contributed by atoms with Crippen LogP contribution in [0.2, 0.25) is 0 Å². The number of likely N-dealkylation sites (tertiary alicyclic amines) is 1. The van der Waals surface area contributed by atoms with E-state index >= 15 is 0 Å². The van der Waals surface area contributed by atoms with Crippen LogP contribution >= 0.6 is 11.3 Å². The van der Waals surface area contributed by atoms with Gasteiger partial charge in [0.15, 0.2) is 0 Å². The molecule has 0 radical (unpaired) electrons. The van der Waals surface area contributed by atoms with E-state index in [9.17, 15) is 14.7 Å². The summed E-state index contributed by atoms with van der Waals surface area (Å²) in [5, 5.41) is 11.4. The van der Waals surface area contributed by atoms with Gasteiger partial charge >= 0.3 is 5.97 Å². The first kappa shape index (κ1) is 16.0. The third-order valence-corrected chi connectivity index (χ3v) is 5.27. The topological polar surface area (TPSA) is 66.8 Å². The van der Waals surface area contributed by atoms with Crippen LogP contribution in [0.15, 0.2) is 5.38 Å². The summed E-state index contributed by atoms with van der Waals surface area (Å²) in [6.45, 7) is 4.87. The van der Waals surface area contributed by atoms with Gasteiger partial charge in [-0.05, 0) is 32.3 Å². The fourth-order valence-electron chi connectivity index (χ4n) is 2.83. The smallest absolute Gasteiger partial charge is 0.313 e. The van der Waals surface area contributed by atoms with Crippen LogP contribution in [0.5, 0.6) is 0 Å². The SMILES string of the molecule is COCC1(C(=O)O)CCCN(C(=O)c2csc(C)c2C)C1. The molecule has 1 amide bonds. The molecule has 1 aromatic heterocycles. The molecule has 1 N–H and O–H groups in total. The monoisotopic (exact) mass is 311 g/mol. The Bertz CT molecular complexity index is 550. The van der Waals surface area contributed by atoms with Gasteiger partial charge in [-0.2, -0.15) is 0 Å². The number of carboxylic acid groups (broad SMARTS) is 1. The molecule has 0 aromatic carbocycles. The first-order chi connectivity index (χ1) is 9.91. The summed E-state index contributed by atoms with van der Waals surface area (Å²) < 4.78 is 5.09. The summed E-state index contributed by atoms with van der Waals surface area (Å²) in [6.07, 6.45) is 1.23. The van der Waals surface area contributed by atoms with Crippen LogP contribution in [-0.4, -0.2) is 48.7 Å². The molecule has 1 aliphatic heterocycles. The molecule has 0 bridgehead atoms. The zero-order valence-corrected chi connectivity index (χ0v) is 13.5. The van der Waals surface area contributed by atoms with Crippen LogP contribution in [0, 0.1) is 19.3 Å². The van der Waals surface area contributed by atoms with Crippen LogP contribution in [-0.2, 0) is 9.53 Å². The third kappa shape index (κ3) is 2.96. The molecular weight excluding hydrogens is 290 g/mol. The molecule has 0 aliphatic carbocycles. The Labute approximate surface area is 128 Å². The van der Waals surface area contributed by atoms with E-state index in [2.05, 4.69) is 0 Å². The lowest BCUT2D eigenvalue weighted by molar-refractivity contribution is -0.155. The number of carbonyl (C=O) groups is 2. The van der Waals surface area contributed by atoms with E-state index in [0.717, 1.165) is 10.4 Å². The van der Waals surface area contributed by atoms with Crippen molar-refractivity contribution < 1.29 is 19.4 Å². The highest BCUT2D eigenvalue weighted by Gasteiger charge is 2.44. The summed E-state index contributed by atoms with van der Waals surface area (Å²) in [7, 11) is 1.50. The normalized spacial score (nSPS) is 22.3. The van der Waals surface area contributed by atoms with E-state index in [1.54, 1.807) is 16.2 Å². The van der Waals surface area contributed by atoms with Crippen molar-refractivity contribution in [3.05, 3.63) is 21.4 Å². The fourth-order valence-corrected chi connectivity index (χ4v) is 3.69. The van der Waals surface area contributed by atoms with Crippen molar-refractivity contribution >= 4 is 23.2 Å². The predicted molar refractivity (Wildman–Crippen MR) is 80.9 cm³/mol. The molecule has 1 unspecified atom stereocenters. The van der Waals surface area contributed by atoms with Crippen LogP contribution in [0.1, 0.15) is 33.6 Å². The molecule has 2 rings (SSSR count). The van der Waals surface area contributed by atoms with Crippen LogP contribution in [0.4, 0.5) is 0 Å². The molecule has 5 nitrogen and oxygen atoms in total. The van der Waals surface area contributed by atoms with E-state index in [4.69, 9.17) is 4.74 Å². The van der Waals surface area contributed by atoms with Gasteiger partial charge in [-0.15, -0.1) is 11.3 Å². The maximum Gasteiger partial charge on any atom is 0.313 e. The molecule has 1 aliphatic rings. The number of methoxy groups -OCH3 is 1. The molecule has 0 spiro atoms. The van der Waals surface area contributed by atoms with Gasteiger partial charge in [0.25, 0.3) is 5.91 Å². The van der Waals surface area contributed by atoms with Crippen molar-refractivity contribution in [1.29, 1.82) is 0 Å². The minimum atomic E-state index is -0.984. The quantitative estimate of drug-likeness (QED) is 0.926. The second-order valence-corrected chi connectivity index (χ2v) is 6.76. The van der Waals surface area contributed by atoms with Gasteiger partial charge in [0.1, 0.15) is 5.41 Å². The van der Waals surface area contributed by atoms with E-state index in [-0.39, 0.29) is 19.1 Å². The molecule has 6 heteroatoms. The highest BCUT2D eigenvalue weighted by molar-refractivity contribution is 7.10. The molecule has 116 valence electrons. The average Bonchev–Trinajstić information content (AvgIpc) is 2.79. The van der Waals surface area contributed by atoms with Gasteiger partial charge < -0.3 is 14.7 Å². The Morgan fingerprint density at radius 1 is 1.48 bits per heavy atom. The van der Waals surface area contributed by atoms with Gasteiger partial charge in [0.05, 0.1) is 12.2 Å². The highest BCUT2D eigenvalue weighted by atomic mass is 32.1. The number of carboxylic acids is 1. The number of amides is 1. The maximum atomic E-state index is 12.6. The van der Waals surface area contributed by atoms with Gasteiger partial charge in [-0.3, -0.25) is 9.59 Å². The Morgan fingerprint density at radius 3 is 2.71 bits per heavy atom. The lowest BCUT2D eigenvalue weighted by atomic mass is 9.80. The fraction of sp³-hybridized carbons (Fsp3) is 0.600. The third-order valence-electron chi connectivity index (χ3n) is 4.25. The lowest BCUT2D eigenvalue weighted by Gasteiger charge is -2.39. The molecule has 21 heavy (non-hydrogen) atoms. The number of hydrogen-bond acceptors (Lipinski definition) is 4. The first-order valence-electron chi connectivity index (χ1n) is 6.97. The highest BCUT2D eigenvalue weighted by Crippen LogP contribution is 2.32. The molecule has 0 saturated carbocycles. The van der Waals surface area contributed by atoms with Crippen molar-refractivity contribution in [3.63, 3.8) is 0 Å². The number of aliphatic carboxylic acids is 1. The Kier molecular flexibility index (Phi) is 4.68. The van der Waals surface area contributed by atoms with Gasteiger partial charge in [-0.25, -0.2) is 0 Å². The Hall–Kier alpha value is -1.40. The zero-order chi connectivity index (χ0) is 15.6. The summed E-state index contributed by atoms with van der Waals surface area (Å²) in [4.78, 5) is 27.1. The molecule has 1 aromatic rings. The Balaban J connectivity index is 2.22. The van der Waals surface area contributed by atoms with Gasteiger partial charge in [0, 0.05) is 30.5 Å². The number of ether oxygens (including phenoxy) is 1. The molecule has 1 fully saturated rings. The van der Waals surface area contributed by atoms with E-state index < -0.39 is 11.4 Å².